The summed E-state index contributed by atoms with van der Waals surface area (Å²) >= 11 is 5.37. The van der Waals surface area contributed by atoms with Gasteiger partial charge in [0.15, 0.2) is 10.8 Å². The standard InChI is InChI=1S/C27H23F2NO3S/c1-32-23-14-5-19(6-15-23)17-24(30-22-12-10-21(29)11-13-22)26(27(34)33-2)25(31)16-7-18-3-8-20(28)9-4-18/h3-16,30H,17H2,1-2H3. The Morgan fingerprint density at radius 1 is 0.912 bits per heavy atom. The van der Waals surface area contributed by atoms with E-state index in [0.717, 1.165) is 5.56 Å². The first-order chi connectivity index (χ1) is 16.4. The number of rotatable bonds is 9. The predicted molar refractivity (Wildman–Crippen MR) is 134 cm³/mol. The van der Waals surface area contributed by atoms with E-state index >= 15 is 0 Å². The molecule has 0 atom stereocenters. The van der Waals surface area contributed by atoms with Gasteiger partial charge in [0.25, 0.3) is 0 Å². The summed E-state index contributed by atoms with van der Waals surface area (Å²) in [5.74, 6) is -0.437. The number of carbonyl (C=O) groups excluding carboxylic acids is 1. The summed E-state index contributed by atoms with van der Waals surface area (Å²) in [6.07, 6.45) is 3.24. The Balaban J connectivity index is 2.02. The average molecular weight is 480 g/mol. The van der Waals surface area contributed by atoms with E-state index in [9.17, 15) is 13.6 Å². The van der Waals surface area contributed by atoms with Gasteiger partial charge in [0.05, 0.1) is 19.8 Å². The Bertz CT molecular complexity index is 1200. The second-order valence-corrected chi connectivity index (χ2v) is 7.62. The molecule has 0 aliphatic carbocycles. The molecule has 0 amide bonds. The van der Waals surface area contributed by atoms with Gasteiger partial charge in [-0.1, -0.05) is 30.3 Å². The Labute approximate surface area is 202 Å². The second kappa shape index (κ2) is 11.9. The van der Waals surface area contributed by atoms with Gasteiger partial charge in [-0.15, -0.1) is 0 Å². The van der Waals surface area contributed by atoms with Crippen molar-refractivity contribution in [2.45, 2.75) is 6.42 Å². The number of allylic oxidation sites excluding steroid dienone is 2. The molecule has 34 heavy (non-hydrogen) atoms. The fourth-order valence-electron chi connectivity index (χ4n) is 3.15. The van der Waals surface area contributed by atoms with Gasteiger partial charge >= 0.3 is 0 Å². The Hall–Kier alpha value is -3.84. The highest BCUT2D eigenvalue weighted by molar-refractivity contribution is 7.80. The number of ketones is 1. The van der Waals surface area contributed by atoms with E-state index < -0.39 is 5.78 Å². The van der Waals surface area contributed by atoms with Crippen LogP contribution in [0.4, 0.5) is 14.5 Å². The molecule has 0 fully saturated rings. The Morgan fingerprint density at radius 3 is 2.06 bits per heavy atom. The zero-order chi connectivity index (χ0) is 24.5. The van der Waals surface area contributed by atoms with Gasteiger partial charge in [-0.2, -0.15) is 0 Å². The average Bonchev–Trinajstić information content (AvgIpc) is 2.85. The molecule has 1 N–H and O–H groups in total. The number of ether oxygens (including phenoxy) is 2. The number of methoxy groups -OCH3 is 2. The molecule has 0 aliphatic heterocycles. The van der Waals surface area contributed by atoms with Crippen molar-refractivity contribution in [1.29, 1.82) is 0 Å². The molecule has 0 spiro atoms. The quantitative estimate of drug-likeness (QED) is 0.295. The molecule has 0 heterocycles. The van der Waals surface area contributed by atoms with Crippen molar-refractivity contribution in [3.05, 3.63) is 113 Å². The number of thiocarbonyl (C=S) groups is 1. The van der Waals surface area contributed by atoms with Gasteiger partial charge in [-0.05, 0) is 78.0 Å². The van der Waals surface area contributed by atoms with Crippen LogP contribution in [-0.2, 0) is 16.0 Å². The van der Waals surface area contributed by atoms with Gasteiger partial charge in [0, 0.05) is 17.8 Å². The maximum Gasteiger partial charge on any atom is 0.196 e. The van der Waals surface area contributed by atoms with Crippen LogP contribution in [0.1, 0.15) is 11.1 Å². The van der Waals surface area contributed by atoms with E-state index in [0.29, 0.717) is 29.1 Å². The van der Waals surface area contributed by atoms with E-state index in [1.807, 2.05) is 24.3 Å². The minimum atomic E-state index is -0.394. The lowest BCUT2D eigenvalue weighted by Gasteiger charge is -2.17. The zero-order valence-corrected chi connectivity index (χ0v) is 19.5. The van der Waals surface area contributed by atoms with E-state index in [1.54, 1.807) is 37.5 Å². The fraction of sp³-hybridized carbons (Fsp3) is 0.111. The number of hydrogen-bond acceptors (Lipinski definition) is 5. The first-order valence-corrected chi connectivity index (χ1v) is 10.8. The summed E-state index contributed by atoms with van der Waals surface area (Å²) in [5, 5.41) is 3.20. The molecular weight excluding hydrogens is 456 g/mol. The Morgan fingerprint density at radius 2 is 1.50 bits per heavy atom. The number of nitrogens with one attached hydrogen (secondary N) is 1. The lowest BCUT2D eigenvalue weighted by Crippen LogP contribution is -2.19. The number of carbonyl (C=O) groups is 1. The molecule has 174 valence electrons. The van der Waals surface area contributed by atoms with Crippen LogP contribution in [-0.4, -0.2) is 25.1 Å². The minimum absolute atomic E-state index is 0.00637. The number of anilines is 1. The molecule has 4 nitrogen and oxygen atoms in total. The highest BCUT2D eigenvalue weighted by Gasteiger charge is 2.20. The highest BCUT2D eigenvalue weighted by Crippen LogP contribution is 2.22. The molecular formula is C27H23F2NO3S. The molecule has 0 unspecified atom stereocenters. The fourth-order valence-corrected chi connectivity index (χ4v) is 3.38. The first-order valence-electron chi connectivity index (χ1n) is 10.3. The third kappa shape index (κ3) is 6.83. The highest BCUT2D eigenvalue weighted by atomic mass is 32.1. The summed E-state index contributed by atoms with van der Waals surface area (Å²) in [6.45, 7) is 0. The van der Waals surface area contributed by atoms with Crippen LogP contribution in [0.2, 0.25) is 0 Å². The Kier molecular flexibility index (Phi) is 8.65. The van der Waals surface area contributed by atoms with Crippen molar-refractivity contribution in [2.75, 3.05) is 19.5 Å². The summed E-state index contributed by atoms with van der Waals surface area (Å²) in [5.41, 5.74) is 2.77. The largest absolute Gasteiger partial charge is 0.497 e. The van der Waals surface area contributed by atoms with Crippen LogP contribution < -0.4 is 10.1 Å². The third-order valence-electron chi connectivity index (χ3n) is 4.91. The normalized spacial score (nSPS) is 11.6. The van der Waals surface area contributed by atoms with Crippen molar-refractivity contribution >= 4 is 34.8 Å². The van der Waals surface area contributed by atoms with Crippen molar-refractivity contribution in [3.8, 4) is 5.75 Å². The molecule has 3 aromatic carbocycles. The SMILES string of the molecule is COC(=S)C(C(=O)C=Cc1ccc(F)cc1)=C(Cc1ccc(OC)cc1)Nc1ccc(F)cc1. The number of halogens is 2. The molecule has 7 heteroatoms. The van der Waals surface area contributed by atoms with Crippen molar-refractivity contribution < 1.29 is 23.0 Å². The zero-order valence-electron chi connectivity index (χ0n) is 18.7. The molecule has 0 bridgehead atoms. The van der Waals surface area contributed by atoms with E-state index in [-0.39, 0.29) is 22.3 Å². The van der Waals surface area contributed by atoms with Gasteiger partial charge < -0.3 is 14.8 Å². The molecule has 0 saturated heterocycles. The van der Waals surface area contributed by atoms with Crippen molar-refractivity contribution in [2.24, 2.45) is 0 Å². The number of hydrogen-bond donors (Lipinski definition) is 1. The lowest BCUT2D eigenvalue weighted by atomic mass is 10.0. The molecule has 0 radical (unpaired) electrons. The third-order valence-corrected chi connectivity index (χ3v) is 5.29. The summed E-state index contributed by atoms with van der Waals surface area (Å²) in [6, 6.07) is 18.9. The van der Waals surface area contributed by atoms with E-state index in [4.69, 9.17) is 21.7 Å². The lowest BCUT2D eigenvalue weighted by molar-refractivity contribution is -0.110. The van der Waals surface area contributed by atoms with Crippen molar-refractivity contribution in [3.63, 3.8) is 0 Å². The van der Waals surface area contributed by atoms with Crippen LogP contribution in [0, 0.1) is 11.6 Å². The monoisotopic (exact) mass is 479 g/mol. The topological polar surface area (TPSA) is 47.6 Å². The maximum atomic E-state index is 13.4. The minimum Gasteiger partial charge on any atom is -0.497 e. The molecule has 3 aromatic rings. The summed E-state index contributed by atoms with van der Waals surface area (Å²) in [7, 11) is 2.97. The maximum absolute atomic E-state index is 13.4. The van der Waals surface area contributed by atoms with Crippen LogP contribution in [0.3, 0.4) is 0 Å². The van der Waals surface area contributed by atoms with Crippen LogP contribution >= 0.6 is 12.2 Å². The molecule has 0 saturated carbocycles. The smallest absolute Gasteiger partial charge is 0.196 e. The van der Waals surface area contributed by atoms with Gasteiger partial charge in [-0.25, -0.2) is 8.78 Å². The van der Waals surface area contributed by atoms with Crippen LogP contribution in [0.5, 0.6) is 5.75 Å². The first kappa shape index (κ1) is 24.8. The van der Waals surface area contributed by atoms with Gasteiger partial charge in [0.1, 0.15) is 17.4 Å². The predicted octanol–water partition coefficient (Wildman–Crippen LogP) is 6.14. The van der Waals surface area contributed by atoms with Crippen LogP contribution in [0.15, 0.2) is 90.1 Å². The number of benzene rings is 3. The van der Waals surface area contributed by atoms with E-state index in [1.165, 1.54) is 37.5 Å². The van der Waals surface area contributed by atoms with Crippen LogP contribution in [0.25, 0.3) is 6.08 Å². The van der Waals surface area contributed by atoms with Gasteiger partial charge in [0.2, 0.25) is 0 Å². The second-order valence-electron chi connectivity index (χ2n) is 7.25. The van der Waals surface area contributed by atoms with E-state index in [2.05, 4.69) is 5.32 Å². The summed E-state index contributed by atoms with van der Waals surface area (Å²) < 4.78 is 37.1. The van der Waals surface area contributed by atoms with Crippen molar-refractivity contribution in [1.82, 2.24) is 0 Å². The molecule has 0 aromatic heterocycles. The molecule has 3 rings (SSSR count). The molecule has 0 aliphatic rings. The summed E-state index contributed by atoms with van der Waals surface area (Å²) in [4.78, 5) is 13.3. The van der Waals surface area contributed by atoms with Gasteiger partial charge in [-0.3, -0.25) is 4.79 Å².